The minimum Gasteiger partial charge on any atom is -0.254 e. The number of fused-ring (bicyclic) bond motifs is 5. The summed E-state index contributed by atoms with van der Waals surface area (Å²) in [6.07, 6.45) is 6.10. The number of hydrogen-bond donors (Lipinski definition) is 0. The summed E-state index contributed by atoms with van der Waals surface area (Å²) >= 11 is 0. The van der Waals surface area contributed by atoms with Gasteiger partial charge in [0.2, 0.25) is 0 Å². The topological polar surface area (TPSA) is 25.8 Å². The Morgan fingerprint density at radius 3 is 1.74 bits per heavy atom. The van der Waals surface area contributed by atoms with Crippen molar-refractivity contribution in [3.8, 4) is 22.3 Å². The van der Waals surface area contributed by atoms with Crippen LogP contribution in [0, 0.1) is 0 Å². The zero-order valence-electron chi connectivity index (χ0n) is 22.9. The fraction of sp³-hybridized carbons (Fsp3) is 0. The molecule has 8 rings (SSSR count). The number of pyridine rings is 2. The van der Waals surface area contributed by atoms with Gasteiger partial charge in [0.15, 0.2) is 0 Å². The average molecular weight is 535 g/mol. The molecule has 0 amide bonds. The van der Waals surface area contributed by atoms with Crippen LogP contribution >= 0.6 is 0 Å². The first-order valence-electron chi connectivity index (χ1n) is 14.3. The zero-order valence-corrected chi connectivity index (χ0v) is 22.9. The third kappa shape index (κ3) is 4.13. The molecule has 42 heavy (non-hydrogen) atoms. The Kier molecular flexibility index (Phi) is 5.82. The first kappa shape index (κ1) is 24.2. The molecule has 0 N–H and O–H groups in total. The van der Waals surface area contributed by atoms with Crippen molar-refractivity contribution in [3.63, 3.8) is 0 Å². The van der Waals surface area contributed by atoms with Crippen LogP contribution in [0.1, 0.15) is 11.3 Å². The minimum atomic E-state index is 0.910. The van der Waals surface area contributed by atoms with Gasteiger partial charge in [0.1, 0.15) is 0 Å². The van der Waals surface area contributed by atoms with Crippen LogP contribution in [0.3, 0.4) is 0 Å². The Hall–Kier alpha value is -5.60. The lowest BCUT2D eigenvalue weighted by molar-refractivity contribution is 1.35. The molecule has 0 bridgehead atoms. The van der Waals surface area contributed by atoms with E-state index in [4.69, 9.17) is 4.98 Å². The monoisotopic (exact) mass is 534 g/mol. The van der Waals surface area contributed by atoms with E-state index in [0.29, 0.717) is 0 Å². The molecule has 2 aromatic heterocycles. The minimum absolute atomic E-state index is 0.910. The molecule has 0 fully saturated rings. The summed E-state index contributed by atoms with van der Waals surface area (Å²) in [6.45, 7) is 0. The Morgan fingerprint density at radius 2 is 1.02 bits per heavy atom. The van der Waals surface area contributed by atoms with Crippen molar-refractivity contribution in [1.29, 1.82) is 0 Å². The Bertz CT molecular complexity index is 2280. The van der Waals surface area contributed by atoms with E-state index in [0.717, 1.165) is 33.1 Å². The van der Waals surface area contributed by atoms with E-state index in [1.54, 1.807) is 0 Å². The van der Waals surface area contributed by atoms with Gasteiger partial charge in [0.25, 0.3) is 0 Å². The summed E-state index contributed by atoms with van der Waals surface area (Å²) in [5.41, 5.74) is 8.88. The molecule has 0 saturated heterocycles. The highest BCUT2D eigenvalue weighted by atomic mass is 14.7. The molecule has 0 unspecified atom stereocenters. The van der Waals surface area contributed by atoms with Crippen LogP contribution in [0.2, 0.25) is 0 Å². The molecule has 0 atom stereocenters. The third-order valence-electron chi connectivity index (χ3n) is 8.07. The molecule has 2 heterocycles. The summed E-state index contributed by atoms with van der Waals surface area (Å²) in [5, 5.41) is 7.20. The van der Waals surface area contributed by atoms with Crippen LogP contribution < -0.4 is 0 Å². The molecular weight excluding hydrogens is 508 g/mol. The highest BCUT2D eigenvalue weighted by Gasteiger charge is 2.16. The average Bonchev–Trinajstić information content (AvgIpc) is 3.06. The van der Waals surface area contributed by atoms with Gasteiger partial charge >= 0.3 is 0 Å². The highest BCUT2D eigenvalue weighted by molar-refractivity contribution is 6.21. The highest BCUT2D eigenvalue weighted by Crippen LogP contribution is 2.43. The van der Waals surface area contributed by atoms with Crippen molar-refractivity contribution in [1.82, 2.24) is 9.97 Å². The van der Waals surface area contributed by atoms with Gasteiger partial charge < -0.3 is 0 Å². The quantitative estimate of drug-likeness (QED) is 0.166. The maximum Gasteiger partial charge on any atom is 0.0971 e. The van der Waals surface area contributed by atoms with Crippen LogP contribution in [-0.4, -0.2) is 9.97 Å². The van der Waals surface area contributed by atoms with Crippen molar-refractivity contribution < 1.29 is 0 Å². The summed E-state index contributed by atoms with van der Waals surface area (Å²) in [6, 6.07) is 49.6. The van der Waals surface area contributed by atoms with Crippen LogP contribution in [0.5, 0.6) is 0 Å². The van der Waals surface area contributed by atoms with Gasteiger partial charge in [0.05, 0.1) is 16.7 Å². The number of benzene rings is 6. The second-order valence-electron chi connectivity index (χ2n) is 10.6. The standard InChI is InChI=1S/C40H26N2/c1-3-10-28(11-4-1)37-33-15-7-8-16-34(33)38(29-12-5-2-6-13-29)36-26-27(18-24-35(36)37)17-22-32-23-21-31-20-19-30-14-9-25-41-39(30)40(31)42-32/h1-26H/b22-17+. The summed E-state index contributed by atoms with van der Waals surface area (Å²) in [7, 11) is 0. The smallest absolute Gasteiger partial charge is 0.0971 e. The van der Waals surface area contributed by atoms with E-state index in [9.17, 15) is 0 Å². The lowest BCUT2D eigenvalue weighted by Gasteiger charge is -2.18. The van der Waals surface area contributed by atoms with Crippen molar-refractivity contribution in [2.24, 2.45) is 0 Å². The van der Waals surface area contributed by atoms with Gasteiger partial charge in [0, 0.05) is 17.0 Å². The van der Waals surface area contributed by atoms with Gasteiger partial charge in [-0.05, 0) is 73.6 Å². The van der Waals surface area contributed by atoms with Gasteiger partial charge in [-0.3, -0.25) is 4.98 Å². The van der Waals surface area contributed by atoms with E-state index >= 15 is 0 Å². The summed E-state index contributed by atoms with van der Waals surface area (Å²) in [5.74, 6) is 0. The fourth-order valence-electron chi connectivity index (χ4n) is 6.14. The zero-order chi connectivity index (χ0) is 27.9. The van der Waals surface area contributed by atoms with Gasteiger partial charge in [-0.2, -0.15) is 0 Å². The maximum atomic E-state index is 4.99. The van der Waals surface area contributed by atoms with E-state index in [1.807, 2.05) is 12.3 Å². The lowest BCUT2D eigenvalue weighted by Crippen LogP contribution is -1.91. The molecule has 8 aromatic rings. The molecule has 0 aliphatic rings. The van der Waals surface area contributed by atoms with Crippen LogP contribution in [0.25, 0.3) is 77.8 Å². The number of nitrogens with zero attached hydrogens (tertiary/aromatic N) is 2. The van der Waals surface area contributed by atoms with Crippen LogP contribution in [-0.2, 0) is 0 Å². The van der Waals surface area contributed by atoms with Crippen LogP contribution in [0.15, 0.2) is 146 Å². The first-order chi connectivity index (χ1) is 20.8. The van der Waals surface area contributed by atoms with Gasteiger partial charge in [-0.1, -0.05) is 127 Å². The Balaban J connectivity index is 1.33. The molecule has 0 radical (unpaired) electrons. The first-order valence-corrected chi connectivity index (χ1v) is 14.3. The Morgan fingerprint density at radius 1 is 0.429 bits per heavy atom. The van der Waals surface area contributed by atoms with Crippen molar-refractivity contribution in [2.75, 3.05) is 0 Å². The molecule has 196 valence electrons. The molecular formula is C40H26N2. The van der Waals surface area contributed by atoms with Gasteiger partial charge in [-0.15, -0.1) is 0 Å². The van der Waals surface area contributed by atoms with E-state index in [2.05, 4.69) is 151 Å². The van der Waals surface area contributed by atoms with E-state index in [1.165, 1.54) is 43.8 Å². The summed E-state index contributed by atoms with van der Waals surface area (Å²) in [4.78, 5) is 9.60. The van der Waals surface area contributed by atoms with Crippen molar-refractivity contribution in [3.05, 3.63) is 157 Å². The predicted molar refractivity (Wildman–Crippen MR) is 178 cm³/mol. The molecule has 2 nitrogen and oxygen atoms in total. The molecule has 2 heteroatoms. The summed E-state index contributed by atoms with van der Waals surface area (Å²) < 4.78 is 0. The molecule has 0 aliphatic heterocycles. The predicted octanol–water partition coefficient (Wildman–Crippen LogP) is 10.6. The largest absolute Gasteiger partial charge is 0.254 e. The third-order valence-corrected chi connectivity index (χ3v) is 8.07. The normalized spacial score (nSPS) is 11.7. The Labute approximate surface area is 244 Å². The van der Waals surface area contributed by atoms with Crippen LogP contribution in [0.4, 0.5) is 0 Å². The molecule has 6 aromatic carbocycles. The van der Waals surface area contributed by atoms with Gasteiger partial charge in [-0.25, -0.2) is 4.98 Å². The lowest BCUT2D eigenvalue weighted by atomic mass is 9.85. The SMILES string of the molecule is C(=C\c1ccc2ccc3cccnc3c2n1)/c1ccc2c(-c3ccccc3)c3ccccc3c(-c3ccccc3)c2c1. The van der Waals surface area contributed by atoms with Crippen molar-refractivity contribution in [2.45, 2.75) is 0 Å². The second kappa shape index (κ2) is 10.1. The number of aromatic nitrogens is 2. The van der Waals surface area contributed by atoms with Crippen molar-refractivity contribution >= 4 is 55.5 Å². The maximum absolute atomic E-state index is 4.99. The molecule has 0 aliphatic carbocycles. The van der Waals surface area contributed by atoms with E-state index < -0.39 is 0 Å². The fourth-order valence-corrected chi connectivity index (χ4v) is 6.14. The molecule has 0 saturated carbocycles. The van der Waals surface area contributed by atoms with E-state index in [-0.39, 0.29) is 0 Å². The number of rotatable bonds is 4. The second-order valence-corrected chi connectivity index (χ2v) is 10.6. The molecule has 0 spiro atoms. The number of hydrogen-bond acceptors (Lipinski definition) is 2.